The topological polar surface area (TPSA) is 52.3 Å². The van der Waals surface area contributed by atoms with Gasteiger partial charge >= 0.3 is 0 Å². The van der Waals surface area contributed by atoms with Gasteiger partial charge in [-0.15, -0.1) is 0 Å². The van der Waals surface area contributed by atoms with Crippen molar-refractivity contribution in [2.75, 3.05) is 13.3 Å². The summed E-state index contributed by atoms with van der Waals surface area (Å²) in [4.78, 5) is 0.799. The Labute approximate surface area is 58.4 Å². The van der Waals surface area contributed by atoms with E-state index >= 15 is 0 Å². The van der Waals surface area contributed by atoms with Crippen molar-refractivity contribution in [3.05, 3.63) is 17.6 Å². The van der Waals surface area contributed by atoms with Gasteiger partial charge in [0, 0.05) is 0 Å². The van der Waals surface area contributed by atoms with Gasteiger partial charge < -0.3 is 15.8 Å². The molecule has 0 amide bonds. The van der Waals surface area contributed by atoms with E-state index in [0.717, 1.165) is 4.83 Å². The second-order valence-corrected chi connectivity index (χ2v) is 6.65. The van der Waals surface area contributed by atoms with Crippen molar-refractivity contribution in [2.24, 2.45) is 5.73 Å². The average Bonchev–Trinajstić information content (AvgIpc) is 1.84. The summed E-state index contributed by atoms with van der Waals surface area (Å²) in [6.07, 6.45) is 0. The first-order valence-corrected chi connectivity index (χ1v) is 6.50. The highest BCUT2D eigenvalue weighted by atomic mass is 32.1. The first-order chi connectivity index (χ1) is 4.09. The number of hydroxylamine groups is 1. The van der Waals surface area contributed by atoms with Crippen molar-refractivity contribution in [3.8, 4) is 0 Å². The Balaban J connectivity index is 3.72. The smallest absolute Gasteiger partial charge is 0.0839 e. The maximum Gasteiger partial charge on any atom is 0.0839 e. The lowest BCUT2D eigenvalue weighted by Crippen LogP contribution is -2.13. The largest absolute Gasteiger partial charge is 0.754 e. The maximum absolute atomic E-state index is 10.8. The summed E-state index contributed by atoms with van der Waals surface area (Å²) in [6, 6.07) is 0. The second kappa shape index (κ2) is 4.05. The van der Waals surface area contributed by atoms with Gasteiger partial charge in [-0.3, -0.25) is 0 Å². The Morgan fingerprint density at radius 1 is 1.89 bits per heavy atom. The molecule has 0 aliphatic heterocycles. The van der Waals surface area contributed by atoms with Gasteiger partial charge in [0.1, 0.15) is 0 Å². The van der Waals surface area contributed by atoms with Gasteiger partial charge in [0.2, 0.25) is 0 Å². The third kappa shape index (κ3) is 3.00. The van der Waals surface area contributed by atoms with Gasteiger partial charge in [0.15, 0.2) is 0 Å². The number of rotatable bonds is 3. The molecule has 0 fully saturated rings. The van der Waals surface area contributed by atoms with Crippen LogP contribution in [0.1, 0.15) is 0 Å². The van der Waals surface area contributed by atoms with Crippen molar-refractivity contribution >= 4 is 16.0 Å². The molecular formula is C4H11N2OP2-. The average molecular weight is 165 g/mol. The van der Waals surface area contributed by atoms with Crippen LogP contribution in [-0.4, -0.2) is 18.2 Å². The zero-order chi connectivity index (χ0) is 7.44. The summed E-state index contributed by atoms with van der Waals surface area (Å²) in [6.45, 7) is 7.21. The predicted octanol–water partition coefficient (Wildman–Crippen LogP) is 1.47. The van der Waals surface area contributed by atoms with Crippen LogP contribution in [0.3, 0.4) is 0 Å². The van der Waals surface area contributed by atoms with E-state index in [0.29, 0.717) is 8.27 Å². The highest BCUT2D eigenvalue weighted by Gasteiger charge is 1.98. The summed E-state index contributed by atoms with van der Waals surface area (Å²) in [5, 5.41) is 10.8. The number of hydrogen-bond acceptors (Lipinski definition) is 3. The van der Waals surface area contributed by atoms with Crippen LogP contribution in [0.4, 0.5) is 0 Å². The third-order valence-corrected chi connectivity index (χ3v) is 4.78. The Kier molecular flexibility index (Phi) is 4.12. The summed E-state index contributed by atoms with van der Waals surface area (Å²) < 4.78 is 0. The summed E-state index contributed by atoms with van der Waals surface area (Å²) in [5.74, 6) is 0.123. The fraction of sp³-hybridized carbons (Fsp3) is 0.500. The van der Waals surface area contributed by atoms with E-state index in [1.807, 2.05) is 13.3 Å². The molecule has 5 heteroatoms. The van der Waals surface area contributed by atoms with E-state index in [1.54, 1.807) is 0 Å². The van der Waals surface area contributed by atoms with Crippen molar-refractivity contribution in [1.29, 1.82) is 0 Å². The molecule has 0 saturated heterocycles. The maximum atomic E-state index is 10.8. The van der Waals surface area contributed by atoms with E-state index < -0.39 is 7.76 Å². The van der Waals surface area contributed by atoms with Crippen LogP contribution >= 0.6 is 16.0 Å². The molecule has 2 atom stereocenters. The molecule has 0 radical (unpaired) electrons. The van der Waals surface area contributed by atoms with Gasteiger partial charge in [-0.05, 0) is 21.1 Å². The van der Waals surface area contributed by atoms with E-state index in [2.05, 4.69) is 6.58 Å². The molecule has 0 aliphatic rings. The molecule has 0 saturated carbocycles. The molecule has 0 aliphatic carbocycles. The van der Waals surface area contributed by atoms with Crippen molar-refractivity contribution in [1.82, 2.24) is 4.83 Å². The molecule has 0 aromatic heterocycles. The molecule has 54 valence electrons. The van der Waals surface area contributed by atoms with E-state index in [1.165, 1.54) is 0 Å². The highest BCUT2D eigenvalue weighted by Crippen LogP contribution is 2.53. The molecule has 2 N–H and O–H groups in total. The normalized spacial score (nSPS) is 14.1. The molecule has 9 heavy (non-hydrogen) atoms. The van der Waals surface area contributed by atoms with Gasteiger partial charge in [-0.1, -0.05) is 14.8 Å². The molecule has 0 aromatic rings. The fourth-order valence-electron chi connectivity index (χ4n) is 0.283. The zero-order valence-electron chi connectivity index (χ0n) is 5.59. The van der Waals surface area contributed by atoms with Crippen LogP contribution in [0.15, 0.2) is 12.4 Å². The first-order valence-electron chi connectivity index (χ1n) is 2.42. The Morgan fingerprint density at radius 3 is 2.44 bits per heavy atom. The fourth-order valence-corrected chi connectivity index (χ4v) is 1.78. The monoisotopic (exact) mass is 165 g/mol. The minimum Gasteiger partial charge on any atom is -0.754 e. The molecule has 3 nitrogen and oxygen atoms in total. The van der Waals surface area contributed by atoms with Crippen molar-refractivity contribution < 1.29 is 0 Å². The molecule has 0 rings (SSSR count). The summed E-state index contributed by atoms with van der Waals surface area (Å²) in [5.41, 5.74) is 5.15. The Bertz CT molecular complexity index is 109. The standard InChI is InChI=1S/C4H11N2OP2/c1-4(5)6(7)9(3)8-2/h8H,1,5H2,2-3H3/q-1. The van der Waals surface area contributed by atoms with Crippen LogP contribution in [-0.2, 0) is 0 Å². The SMILES string of the molecule is C=C(N)N([O-])P(C)PC. The summed E-state index contributed by atoms with van der Waals surface area (Å²) >= 11 is 0. The van der Waals surface area contributed by atoms with Crippen LogP contribution in [0.2, 0.25) is 0 Å². The predicted molar refractivity (Wildman–Crippen MR) is 45.6 cm³/mol. The van der Waals surface area contributed by atoms with Gasteiger partial charge in [0.05, 0.1) is 5.82 Å². The van der Waals surface area contributed by atoms with E-state index in [-0.39, 0.29) is 5.82 Å². The lowest BCUT2D eigenvalue weighted by molar-refractivity contribution is 0.754. The van der Waals surface area contributed by atoms with Gasteiger partial charge in [-0.2, -0.15) is 0 Å². The number of nitrogens with zero attached hydrogens (tertiary/aromatic N) is 1. The molecule has 0 heterocycles. The molecule has 0 bridgehead atoms. The van der Waals surface area contributed by atoms with Gasteiger partial charge in [0.25, 0.3) is 0 Å². The molecular weight excluding hydrogens is 154 g/mol. The van der Waals surface area contributed by atoms with Gasteiger partial charge in [-0.25, -0.2) is 0 Å². The lowest BCUT2D eigenvalue weighted by atomic mass is 10.9. The van der Waals surface area contributed by atoms with Crippen LogP contribution < -0.4 is 5.73 Å². The van der Waals surface area contributed by atoms with Crippen LogP contribution in [0.5, 0.6) is 0 Å². The quantitative estimate of drug-likeness (QED) is 0.508. The van der Waals surface area contributed by atoms with Crippen molar-refractivity contribution in [2.45, 2.75) is 0 Å². The van der Waals surface area contributed by atoms with Crippen molar-refractivity contribution in [3.63, 3.8) is 0 Å². The third-order valence-electron chi connectivity index (χ3n) is 0.842. The summed E-state index contributed by atoms with van der Waals surface area (Å²) in [7, 11) is 0.0441. The second-order valence-electron chi connectivity index (χ2n) is 1.51. The highest BCUT2D eigenvalue weighted by molar-refractivity contribution is 8.19. The molecule has 2 unspecified atom stereocenters. The number of hydrogen-bond donors (Lipinski definition) is 1. The number of nitrogens with two attached hydrogens (primary N) is 1. The van der Waals surface area contributed by atoms with Crippen LogP contribution in [0, 0.1) is 5.21 Å². The Hall–Kier alpha value is 0.160. The Morgan fingerprint density at radius 2 is 2.33 bits per heavy atom. The van der Waals surface area contributed by atoms with E-state index in [4.69, 9.17) is 5.73 Å². The molecule has 0 spiro atoms. The van der Waals surface area contributed by atoms with Crippen LogP contribution in [0.25, 0.3) is 0 Å². The molecule has 0 aromatic carbocycles. The first kappa shape index (κ1) is 9.16. The zero-order valence-corrected chi connectivity index (χ0v) is 7.48. The minimum atomic E-state index is -0.598. The van der Waals surface area contributed by atoms with E-state index in [9.17, 15) is 5.21 Å². The lowest BCUT2D eigenvalue weighted by Gasteiger charge is -2.35. The minimum absolute atomic E-state index is 0.123.